The molecule has 1 nitrogen and oxygen atoms in total. The molecule has 84 valence electrons. The molecule has 0 saturated carbocycles. The minimum absolute atomic E-state index is 0.620. The third-order valence-corrected chi connectivity index (χ3v) is 2.63. The maximum atomic E-state index is 3.44. The van der Waals surface area contributed by atoms with Crippen LogP contribution in [0.3, 0.4) is 0 Å². The molecule has 0 aliphatic heterocycles. The van der Waals surface area contributed by atoms with Crippen molar-refractivity contribution in [3.05, 3.63) is 29.8 Å². The second-order valence-corrected chi connectivity index (χ2v) is 4.89. The molecule has 0 aliphatic rings. The van der Waals surface area contributed by atoms with Gasteiger partial charge in [-0.25, -0.2) is 0 Å². The van der Waals surface area contributed by atoms with Crippen molar-refractivity contribution in [3.63, 3.8) is 0 Å². The summed E-state index contributed by atoms with van der Waals surface area (Å²) in [5.74, 6) is 1.39. The monoisotopic (exact) mass is 205 g/mol. The Labute approximate surface area is 93.9 Å². The molecule has 15 heavy (non-hydrogen) atoms. The highest BCUT2D eigenvalue weighted by molar-refractivity contribution is 5.44. The summed E-state index contributed by atoms with van der Waals surface area (Å²) in [6.07, 6.45) is 1.23. The molecule has 0 fully saturated rings. The van der Waals surface area contributed by atoms with E-state index in [-0.39, 0.29) is 0 Å². The van der Waals surface area contributed by atoms with Crippen molar-refractivity contribution < 1.29 is 0 Å². The minimum Gasteiger partial charge on any atom is -0.385 e. The van der Waals surface area contributed by atoms with Crippen LogP contribution in [0.15, 0.2) is 24.3 Å². The minimum atomic E-state index is 0.620. The Morgan fingerprint density at radius 2 is 1.60 bits per heavy atom. The van der Waals surface area contributed by atoms with Crippen LogP contribution < -0.4 is 5.32 Å². The van der Waals surface area contributed by atoms with E-state index in [0.717, 1.165) is 12.5 Å². The van der Waals surface area contributed by atoms with Gasteiger partial charge in [-0.05, 0) is 36.0 Å². The molecule has 0 bridgehead atoms. The van der Waals surface area contributed by atoms with E-state index in [2.05, 4.69) is 57.3 Å². The molecule has 1 rings (SSSR count). The molecule has 1 aromatic rings. The van der Waals surface area contributed by atoms with Gasteiger partial charge in [-0.3, -0.25) is 0 Å². The fraction of sp³-hybridized carbons (Fsp3) is 0.571. The van der Waals surface area contributed by atoms with Crippen molar-refractivity contribution in [3.8, 4) is 0 Å². The highest BCUT2D eigenvalue weighted by Crippen LogP contribution is 2.17. The largest absolute Gasteiger partial charge is 0.385 e. The maximum Gasteiger partial charge on any atom is 0.0340 e. The molecule has 0 amide bonds. The van der Waals surface area contributed by atoms with Crippen molar-refractivity contribution >= 4 is 5.69 Å². The Morgan fingerprint density at radius 1 is 1.00 bits per heavy atom. The lowest BCUT2D eigenvalue weighted by atomic mass is 10.0. The van der Waals surface area contributed by atoms with Gasteiger partial charge in [0.15, 0.2) is 0 Å². The molecule has 0 aromatic heterocycles. The van der Waals surface area contributed by atoms with Gasteiger partial charge in [-0.2, -0.15) is 0 Å². The first-order valence-corrected chi connectivity index (χ1v) is 5.93. The summed E-state index contributed by atoms with van der Waals surface area (Å²) in [5, 5.41) is 3.44. The quantitative estimate of drug-likeness (QED) is 0.757. The fourth-order valence-electron chi connectivity index (χ4n) is 1.49. The van der Waals surface area contributed by atoms with E-state index in [4.69, 9.17) is 0 Å². The van der Waals surface area contributed by atoms with Gasteiger partial charge >= 0.3 is 0 Å². The van der Waals surface area contributed by atoms with Gasteiger partial charge in [0.05, 0.1) is 0 Å². The number of rotatable bonds is 5. The van der Waals surface area contributed by atoms with Crippen LogP contribution >= 0.6 is 0 Å². The summed E-state index contributed by atoms with van der Waals surface area (Å²) >= 11 is 0. The molecule has 0 saturated heterocycles. The Kier molecular flexibility index (Phi) is 4.67. The Bertz CT molecular complexity index is 272. The van der Waals surface area contributed by atoms with Crippen LogP contribution in [0, 0.1) is 5.92 Å². The SMILES string of the molecule is CC(C)CCNc1ccc(C(C)C)cc1. The second kappa shape index (κ2) is 5.79. The smallest absolute Gasteiger partial charge is 0.0340 e. The highest BCUT2D eigenvalue weighted by atomic mass is 14.9. The Morgan fingerprint density at radius 3 is 2.07 bits per heavy atom. The van der Waals surface area contributed by atoms with Crippen LogP contribution in [0.4, 0.5) is 5.69 Å². The number of nitrogens with one attached hydrogen (secondary N) is 1. The van der Waals surface area contributed by atoms with E-state index in [1.165, 1.54) is 17.7 Å². The number of hydrogen-bond donors (Lipinski definition) is 1. The summed E-state index contributed by atoms with van der Waals surface area (Å²) in [7, 11) is 0. The van der Waals surface area contributed by atoms with Gasteiger partial charge in [-0.15, -0.1) is 0 Å². The molecule has 0 heterocycles. The second-order valence-electron chi connectivity index (χ2n) is 4.89. The molecule has 0 radical (unpaired) electrons. The van der Waals surface area contributed by atoms with Crippen LogP contribution in [0.5, 0.6) is 0 Å². The van der Waals surface area contributed by atoms with Crippen LogP contribution in [0.2, 0.25) is 0 Å². The molecular weight excluding hydrogens is 182 g/mol. The van der Waals surface area contributed by atoms with Gasteiger partial charge in [0.2, 0.25) is 0 Å². The summed E-state index contributed by atoms with van der Waals surface area (Å²) in [6.45, 7) is 10.0. The van der Waals surface area contributed by atoms with Gasteiger partial charge in [0.1, 0.15) is 0 Å². The molecule has 0 spiro atoms. The van der Waals surface area contributed by atoms with E-state index < -0.39 is 0 Å². The fourth-order valence-corrected chi connectivity index (χ4v) is 1.49. The summed E-state index contributed by atoms with van der Waals surface area (Å²) in [6, 6.07) is 8.77. The lowest BCUT2D eigenvalue weighted by Crippen LogP contribution is -2.04. The van der Waals surface area contributed by atoms with Gasteiger partial charge < -0.3 is 5.32 Å². The van der Waals surface area contributed by atoms with Crippen LogP contribution in [-0.2, 0) is 0 Å². The zero-order chi connectivity index (χ0) is 11.3. The van der Waals surface area contributed by atoms with E-state index in [0.29, 0.717) is 5.92 Å². The Hall–Kier alpha value is -0.980. The van der Waals surface area contributed by atoms with Crippen molar-refractivity contribution in [2.75, 3.05) is 11.9 Å². The number of benzene rings is 1. The molecule has 1 aromatic carbocycles. The summed E-state index contributed by atoms with van der Waals surface area (Å²) < 4.78 is 0. The predicted octanol–water partition coefficient (Wildman–Crippen LogP) is 4.27. The lowest BCUT2D eigenvalue weighted by Gasteiger charge is -2.10. The van der Waals surface area contributed by atoms with Crippen molar-refractivity contribution in [2.45, 2.75) is 40.0 Å². The number of anilines is 1. The van der Waals surface area contributed by atoms with E-state index in [1.807, 2.05) is 0 Å². The van der Waals surface area contributed by atoms with Gasteiger partial charge in [0.25, 0.3) is 0 Å². The standard InChI is InChI=1S/C14H23N/c1-11(2)9-10-15-14-7-5-13(6-8-14)12(3)4/h5-8,11-12,15H,9-10H2,1-4H3. The third-order valence-electron chi connectivity index (χ3n) is 2.63. The summed E-state index contributed by atoms with van der Waals surface area (Å²) in [4.78, 5) is 0. The van der Waals surface area contributed by atoms with Crippen LogP contribution in [0.1, 0.15) is 45.6 Å². The molecule has 1 N–H and O–H groups in total. The third kappa shape index (κ3) is 4.37. The lowest BCUT2D eigenvalue weighted by molar-refractivity contribution is 0.607. The molecule has 0 aliphatic carbocycles. The molecule has 0 atom stereocenters. The zero-order valence-electron chi connectivity index (χ0n) is 10.4. The van der Waals surface area contributed by atoms with E-state index in [1.54, 1.807) is 0 Å². The van der Waals surface area contributed by atoms with E-state index >= 15 is 0 Å². The predicted molar refractivity (Wildman–Crippen MR) is 68.5 cm³/mol. The maximum absolute atomic E-state index is 3.44. The van der Waals surface area contributed by atoms with Gasteiger partial charge in [0, 0.05) is 12.2 Å². The van der Waals surface area contributed by atoms with Crippen LogP contribution in [-0.4, -0.2) is 6.54 Å². The van der Waals surface area contributed by atoms with Crippen molar-refractivity contribution in [2.24, 2.45) is 5.92 Å². The average Bonchev–Trinajstić information content (AvgIpc) is 2.18. The first-order chi connectivity index (χ1) is 7.09. The molecule has 0 unspecified atom stereocenters. The van der Waals surface area contributed by atoms with Gasteiger partial charge in [-0.1, -0.05) is 39.8 Å². The molecule has 1 heteroatoms. The normalized spacial score (nSPS) is 11.1. The van der Waals surface area contributed by atoms with Crippen molar-refractivity contribution in [1.29, 1.82) is 0 Å². The van der Waals surface area contributed by atoms with E-state index in [9.17, 15) is 0 Å². The zero-order valence-corrected chi connectivity index (χ0v) is 10.4. The number of hydrogen-bond acceptors (Lipinski definition) is 1. The van der Waals surface area contributed by atoms with Crippen LogP contribution in [0.25, 0.3) is 0 Å². The first kappa shape index (κ1) is 12.1. The first-order valence-electron chi connectivity index (χ1n) is 5.93. The highest BCUT2D eigenvalue weighted by Gasteiger charge is 1.98. The average molecular weight is 205 g/mol. The summed E-state index contributed by atoms with van der Waals surface area (Å²) in [5.41, 5.74) is 2.64. The Balaban J connectivity index is 2.43. The molecular formula is C14H23N. The topological polar surface area (TPSA) is 12.0 Å². The van der Waals surface area contributed by atoms with Crippen molar-refractivity contribution in [1.82, 2.24) is 0 Å².